The zero-order chi connectivity index (χ0) is 41.7. The van der Waals surface area contributed by atoms with E-state index >= 15 is 0 Å². The number of benzene rings is 9. The van der Waals surface area contributed by atoms with Crippen molar-refractivity contribution in [2.24, 2.45) is 0 Å². The van der Waals surface area contributed by atoms with Gasteiger partial charge in [-0.1, -0.05) is 194 Å². The quantitative estimate of drug-likeness (QED) is 0.160. The van der Waals surface area contributed by atoms with E-state index in [1.54, 1.807) is 0 Å². The van der Waals surface area contributed by atoms with Crippen LogP contribution in [0.2, 0.25) is 0 Å². The van der Waals surface area contributed by atoms with Crippen LogP contribution in [-0.2, 0) is 0 Å². The molecule has 294 valence electrons. The Morgan fingerprint density at radius 2 is 0.746 bits per heavy atom. The van der Waals surface area contributed by atoms with E-state index in [1.807, 2.05) is 66.7 Å². The normalized spacial score (nSPS) is 11.5. The first-order valence-corrected chi connectivity index (χ1v) is 21.1. The highest BCUT2D eigenvalue weighted by atomic mass is 15.2. The third-order valence-corrected chi connectivity index (χ3v) is 11.8. The Balaban J connectivity index is 1.03. The van der Waals surface area contributed by atoms with Gasteiger partial charge in [0.25, 0.3) is 0 Å². The summed E-state index contributed by atoms with van der Waals surface area (Å²) in [7, 11) is 0. The van der Waals surface area contributed by atoms with Crippen LogP contribution in [0.4, 0.5) is 0 Å². The van der Waals surface area contributed by atoms with Crippen LogP contribution in [0.1, 0.15) is 0 Å². The molecule has 63 heavy (non-hydrogen) atoms. The molecule has 0 saturated heterocycles. The number of nitrogens with zero attached hydrogens (tertiary/aromatic N) is 6. The largest absolute Gasteiger partial charge is 0.277 e. The summed E-state index contributed by atoms with van der Waals surface area (Å²) in [4.78, 5) is 25.8. The third-order valence-electron chi connectivity index (χ3n) is 11.8. The highest BCUT2D eigenvalue weighted by Crippen LogP contribution is 2.40. The van der Waals surface area contributed by atoms with Crippen LogP contribution in [0.5, 0.6) is 0 Å². The summed E-state index contributed by atoms with van der Waals surface area (Å²) in [5, 5.41) is 7.07. The van der Waals surface area contributed by atoms with Gasteiger partial charge in [-0.15, -0.1) is 0 Å². The lowest BCUT2D eigenvalue weighted by Gasteiger charge is -2.13. The fraction of sp³-hybridized carbons (Fsp3) is 0. The summed E-state index contributed by atoms with van der Waals surface area (Å²) in [5.74, 6) is 2.49. The van der Waals surface area contributed by atoms with E-state index in [0.29, 0.717) is 23.4 Å². The van der Waals surface area contributed by atoms with Crippen molar-refractivity contribution in [3.05, 3.63) is 218 Å². The molecule has 9 aromatic carbocycles. The fourth-order valence-corrected chi connectivity index (χ4v) is 8.83. The molecule has 0 amide bonds. The number of rotatable bonds is 7. The first-order valence-electron chi connectivity index (χ1n) is 21.1. The van der Waals surface area contributed by atoms with Crippen molar-refractivity contribution >= 4 is 43.4 Å². The number of hydrogen-bond acceptors (Lipinski definition) is 5. The molecule has 0 atom stereocenters. The molecule has 0 saturated carbocycles. The molecule has 0 aliphatic carbocycles. The summed E-state index contributed by atoms with van der Waals surface area (Å²) in [6.45, 7) is 0. The maximum atomic E-state index is 5.46. The zero-order valence-corrected chi connectivity index (χ0v) is 34.0. The molecule has 0 bridgehead atoms. The average Bonchev–Trinajstić information content (AvgIpc) is 3.72. The molecular formula is C57H36N6. The van der Waals surface area contributed by atoms with Crippen molar-refractivity contribution in [3.8, 4) is 73.8 Å². The standard InChI is InChI=1S/C57H36N6/c1-4-18-39(19-5-1)49-36-50(59-57(58-49)63-51-33-31-37-16-10-12-28-46(37)52(51)48-32-30-38-17-11-13-29-47(38)53(48)63)44-26-14-24-42(34-44)43-25-15-27-45(35-43)56-61-54(40-20-6-2-7-21-40)60-55(62-56)41-22-8-3-9-23-41/h1-36H. The molecule has 3 heterocycles. The lowest BCUT2D eigenvalue weighted by Crippen LogP contribution is -2.04. The van der Waals surface area contributed by atoms with Crippen molar-refractivity contribution in [2.45, 2.75) is 0 Å². The summed E-state index contributed by atoms with van der Waals surface area (Å²) in [5.41, 5.74) is 10.7. The van der Waals surface area contributed by atoms with Crippen molar-refractivity contribution in [1.82, 2.24) is 29.5 Å². The molecule has 0 fully saturated rings. The smallest absolute Gasteiger partial charge is 0.235 e. The molecular weight excluding hydrogens is 769 g/mol. The SMILES string of the molecule is c1ccc(-c2cc(-c3cccc(-c4cccc(-c5nc(-c6ccccc6)nc(-c6ccccc6)n5)c4)c3)nc(-n3c4ccc5ccccc5c4c4ccc5ccccc5c43)n2)cc1. The van der Waals surface area contributed by atoms with Gasteiger partial charge in [0.1, 0.15) is 0 Å². The van der Waals surface area contributed by atoms with Crippen LogP contribution in [0, 0.1) is 0 Å². The van der Waals surface area contributed by atoms with Gasteiger partial charge >= 0.3 is 0 Å². The lowest BCUT2D eigenvalue weighted by atomic mass is 9.99. The monoisotopic (exact) mass is 804 g/mol. The van der Waals surface area contributed by atoms with E-state index in [0.717, 1.165) is 72.1 Å². The molecule has 0 aliphatic heterocycles. The topological polar surface area (TPSA) is 69.4 Å². The van der Waals surface area contributed by atoms with E-state index < -0.39 is 0 Å². The van der Waals surface area contributed by atoms with Crippen LogP contribution in [-0.4, -0.2) is 29.5 Å². The van der Waals surface area contributed by atoms with Gasteiger partial charge in [0.05, 0.1) is 22.4 Å². The van der Waals surface area contributed by atoms with Crippen LogP contribution in [0.25, 0.3) is 117 Å². The summed E-state index contributed by atoms with van der Waals surface area (Å²) in [6, 6.07) is 75.7. The van der Waals surface area contributed by atoms with E-state index in [9.17, 15) is 0 Å². The maximum Gasteiger partial charge on any atom is 0.235 e. The van der Waals surface area contributed by atoms with Crippen LogP contribution >= 0.6 is 0 Å². The van der Waals surface area contributed by atoms with E-state index in [1.165, 1.54) is 21.5 Å². The Morgan fingerprint density at radius 1 is 0.286 bits per heavy atom. The minimum Gasteiger partial charge on any atom is -0.277 e. The van der Waals surface area contributed by atoms with Gasteiger partial charge in [0.15, 0.2) is 17.5 Å². The Hall–Kier alpha value is -8.61. The van der Waals surface area contributed by atoms with E-state index in [2.05, 4.69) is 156 Å². The van der Waals surface area contributed by atoms with Crippen molar-refractivity contribution in [1.29, 1.82) is 0 Å². The maximum absolute atomic E-state index is 5.46. The Morgan fingerprint density at radius 3 is 1.40 bits per heavy atom. The Kier molecular flexibility index (Phi) is 8.71. The molecule has 0 radical (unpaired) electrons. The van der Waals surface area contributed by atoms with Gasteiger partial charge in [-0.3, -0.25) is 4.57 Å². The lowest BCUT2D eigenvalue weighted by molar-refractivity contribution is 0.998. The highest BCUT2D eigenvalue weighted by molar-refractivity contribution is 6.25. The van der Waals surface area contributed by atoms with Gasteiger partial charge in [0, 0.05) is 44.0 Å². The molecule has 0 aliphatic rings. The zero-order valence-electron chi connectivity index (χ0n) is 34.0. The molecule has 6 nitrogen and oxygen atoms in total. The van der Waals surface area contributed by atoms with Crippen molar-refractivity contribution < 1.29 is 0 Å². The molecule has 0 unspecified atom stereocenters. The molecule has 12 aromatic rings. The second kappa shape index (κ2) is 15.1. The van der Waals surface area contributed by atoms with E-state index in [4.69, 9.17) is 24.9 Å². The van der Waals surface area contributed by atoms with Crippen LogP contribution < -0.4 is 0 Å². The summed E-state index contributed by atoms with van der Waals surface area (Å²) >= 11 is 0. The highest BCUT2D eigenvalue weighted by Gasteiger charge is 2.21. The predicted molar refractivity (Wildman–Crippen MR) is 257 cm³/mol. The second-order valence-corrected chi connectivity index (χ2v) is 15.7. The van der Waals surface area contributed by atoms with Crippen LogP contribution in [0.15, 0.2) is 218 Å². The van der Waals surface area contributed by atoms with Crippen LogP contribution in [0.3, 0.4) is 0 Å². The second-order valence-electron chi connectivity index (χ2n) is 15.7. The molecule has 0 spiro atoms. The van der Waals surface area contributed by atoms with Gasteiger partial charge in [-0.05, 0) is 51.6 Å². The minimum atomic E-state index is 0.611. The number of hydrogen-bond donors (Lipinski definition) is 0. The minimum absolute atomic E-state index is 0.611. The number of aromatic nitrogens is 6. The fourth-order valence-electron chi connectivity index (χ4n) is 8.83. The number of fused-ring (bicyclic) bond motifs is 7. The first kappa shape index (κ1) is 36.3. The molecule has 6 heteroatoms. The molecule has 12 rings (SSSR count). The molecule has 3 aromatic heterocycles. The Labute approximate surface area is 363 Å². The van der Waals surface area contributed by atoms with E-state index in [-0.39, 0.29) is 0 Å². The summed E-state index contributed by atoms with van der Waals surface area (Å²) < 4.78 is 2.27. The van der Waals surface area contributed by atoms with Gasteiger partial charge in [0.2, 0.25) is 5.95 Å². The van der Waals surface area contributed by atoms with Gasteiger partial charge in [-0.25, -0.2) is 24.9 Å². The predicted octanol–water partition coefficient (Wildman–Crippen LogP) is 14.1. The van der Waals surface area contributed by atoms with Crippen molar-refractivity contribution in [2.75, 3.05) is 0 Å². The summed E-state index contributed by atoms with van der Waals surface area (Å²) in [6.07, 6.45) is 0. The Bertz CT molecular complexity index is 3620. The van der Waals surface area contributed by atoms with Gasteiger partial charge < -0.3 is 0 Å². The average molecular weight is 805 g/mol. The van der Waals surface area contributed by atoms with Crippen molar-refractivity contribution in [3.63, 3.8) is 0 Å². The van der Waals surface area contributed by atoms with Gasteiger partial charge in [-0.2, -0.15) is 0 Å². The molecule has 0 N–H and O–H groups in total. The third kappa shape index (κ3) is 6.49. The first-order chi connectivity index (χ1) is 31.2.